The van der Waals surface area contributed by atoms with E-state index in [1.54, 1.807) is 13.0 Å². The Hall–Kier alpha value is -1.45. The van der Waals surface area contributed by atoms with Gasteiger partial charge in [0.1, 0.15) is 12.5 Å². The van der Waals surface area contributed by atoms with Crippen molar-refractivity contribution >= 4 is 46.0 Å². The zero-order valence-electron chi connectivity index (χ0n) is 22.8. The monoisotopic (exact) mass is 600 g/mol. The molecular weight excluding hydrogens is 565 g/mol. The van der Waals surface area contributed by atoms with Crippen LogP contribution in [0.4, 0.5) is 8.78 Å². The van der Waals surface area contributed by atoms with Crippen LogP contribution in [-0.4, -0.2) is 46.5 Å². The number of aliphatic hydroxyl groups is 1. The van der Waals surface area contributed by atoms with Crippen molar-refractivity contribution in [2.75, 3.05) is 6.67 Å². The fourth-order valence-corrected chi connectivity index (χ4v) is 8.08. The van der Waals surface area contributed by atoms with Crippen molar-refractivity contribution < 1.29 is 23.5 Å². The maximum Gasteiger partial charge on any atom is 0.237 e. The summed E-state index contributed by atoms with van der Waals surface area (Å²) in [5.74, 6) is -1.85. The quantitative estimate of drug-likeness (QED) is 0.332. The number of hydrogen-bond donors (Lipinski definition) is 3. The summed E-state index contributed by atoms with van der Waals surface area (Å²) in [6, 6.07) is 1.41. The SMILES string of the molecule is CC(/C=C\C=C(\Cl)CF)[C@H]1[C@H](C(=O)NC2CC(C)(O)C2)N[C@H](CC(C)(C)C)[C@]12C(=O)Sc1cc(Cl)c(F)cc12. The predicted octanol–water partition coefficient (Wildman–Crippen LogP) is 6.06. The summed E-state index contributed by atoms with van der Waals surface area (Å²) in [7, 11) is 0. The van der Waals surface area contributed by atoms with Crippen LogP contribution in [0.3, 0.4) is 0 Å². The summed E-state index contributed by atoms with van der Waals surface area (Å²) in [5.41, 5.74) is -1.72. The van der Waals surface area contributed by atoms with Gasteiger partial charge < -0.3 is 15.7 Å². The lowest BCUT2D eigenvalue weighted by Gasteiger charge is -2.42. The number of alkyl halides is 1. The highest BCUT2D eigenvalue weighted by atomic mass is 35.5. The van der Waals surface area contributed by atoms with E-state index in [0.29, 0.717) is 29.7 Å². The third-order valence-electron chi connectivity index (χ3n) is 8.03. The summed E-state index contributed by atoms with van der Waals surface area (Å²) < 4.78 is 27.9. The van der Waals surface area contributed by atoms with Crippen molar-refractivity contribution in [1.29, 1.82) is 0 Å². The number of allylic oxidation sites excluding steroid dienone is 4. The van der Waals surface area contributed by atoms with E-state index in [1.807, 2.05) is 13.0 Å². The number of carbonyl (C=O) groups is 2. The van der Waals surface area contributed by atoms with Crippen molar-refractivity contribution in [2.24, 2.45) is 17.3 Å². The topological polar surface area (TPSA) is 78.4 Å². The van der Waals surface area contributed by atoms with Crippen LogP contribution in [0.25, 0.3) is 0 Å². The standard InChI is InChI=1S/C29H36Cl2F2N2O3S/c1-15(7-6-8-16(30)14-32)23-24(25(36)34-17-11-28(5,38)12-17)35-22(13-27(2,3)4)29(23)18-9-20(33)19(31)10-21(18)39-26(29)37/h6-10,15,17,22-24,35,38H,11-14H2,1-5H3,(H,34,36)/b7-6-,16-8+/t15?,17?,22-,23+,24-,28?,29+/m1/s1. The summed E-state index contributed by atoms with van der Waals surface area (Å²) >= 11 is 13.0. The van der Waals surface area contributed by atoms with Crippen molar-refractivity contribution in [3.05, 3.63) is 51.8 Å². The molecule has 1 amide bonds. The van der Waals surface area contributed by atoms with Gasteiger partial charge in [-0.25, -0.2) is 8.78 Å². The third kappa shape index (κ3) is 5.96. The summed E-state index contributed by atoms with van der Waals surface area (Å²) in [6.07, 6.45) is 6.31. The Morgan fingerprint density at radius 2 is 2.03 bits per heavy atom. The lowest BCUT2D eigenvalue weighted by atomic mass is 9.61. The van der Waals surface area contributed by atoms with Crippen molar-refractivity contribution in [2.45, 2.75) is 87.9 Å². The molecule has 0 radical (unpaired) electrons. The maximum absolute atomic E-state index is 15.0. The minimum absolute atomic E-state index is 0.0317. The highest BCUT2D eigenvalue weighted by molar-refractivity contribution is 8.14. The smallest absolute Gasteiger partial charge is 0.237 e. The zero-order chi connectivity index (χ0) is 28.9. The molecule has 39 heavy (non-hydrogen) atoms. The van der Waals surface area contributed by atoms with Gasteiger partial charge in [0.2, 0.25) is 11.0 Å². The van der Waals surface area contributed by atoms with Crippen molar-refractivity contribution in [3.8, 4) is 0 Å². The third-order valence-corrected chi connectivity index (χ3v) is 9.62. The van der Waals surface area contributed by atoms with Gasteiger partial charge in [-0.15, -0.1) is 0 Å². The van der Waals surface area contributed by atoms with Crippen LogP contribution < -0.4 is 10.6 Å². The first-order valence-electron chi connectivity index (χ1n) is 13.2. The Labute approximate surface area is 243 Å². The molecule has 2 aliphatic heterocycles. The molecule has 214 valence electrons. The largest absolute Gasteiger partial charge is 0.390 e. The highest BCUT2D eigenvalue weighted by Crippen LogP contribution is 2.59. The van der Waals surface area contributed by atoms with Gasteiger partial charge >= 0.3 is 0 Å². The van der Waals surface area contributed by atoms with Crippen LogP contribution >= 0.6 is 35.0 Å². The first-order chi connectivity index (χ1) is 18.1. The van der Waals surface area contributed by atoms with Crippen LogP contribution in [0.2, 0.25) is 5.02 Å². The Morgan fingerprint density at radius 3 is 2.62 bits per heavy atom. The zero-order valence-corrected chi connectivity index (χ0v) is 25.1. The number of fused-ring (bicyclic) bond motifs is 2. The van der Waals surface area contributed by atoms with Crippen molar-refractivity contribution in [1.82, 2.24) is 10.6 Å². The number of rotatable bonds is 7. The molecule has 1 saturated heterocycles. The Kier molecular flexibility index (Phi) is 8.67. The number of carbonyl (C=O) groups excluding carboxylic acids is 2. The lowest BCUT2D eigenvalue weighted by Crippen LogP contribution is -2.57. The summed E-state index contributed by atoms with van der Waals surface area (Å²) in [4.78, 5) is 28.6. The predicted molar refractivity (Wildman–Crippen MR) is 152 cm³/mol. The van der Waals surface area contributed by atoms with Gasteiger partial charge in [0.25, 0.3) is 0 Å². The molecule has 4 rings (SSSR count). The molecular formula is C29H36Cl2F2N2O3S. The Morgan fingerprint density at radius 1 is 1.36 bits per heavy atom. The van der Waals surface area contributed by atoms with E-state index in [0.717, 1.165) is 11.8 Å². The molecule has 0 aromatic heterocycles. The molecule has 1 aliphatic carbocycles. The minimum Gasteiger partial charge on any atom is -0.390 e. The van der Waals surface area contributed by atoms with Gasteiger partial charge in [-0.2, -0.15) is 0 Å². The number of amides is 1. The van der Waals surface area contributed by atoms with E-state index in [-0.39, 0.29) is 38.5 Å². The first-order valence-corrected chi connectivity index (χ1v) is 14.8. The minimum atomic E-state index is -1.22. The van der Waals surface area contributed by atoms with E-state index >= 15 is 0 Å². The van der Waals surface area contributed by atoms with Crippen molar-refractivity contribution in [3.63, 3.8) is 0 Å². The van der Waals surface area contributed by atoms with E-state index in [4.69, 9.17) is 23.2 Å². The average Bonchev–Trinajstić information content (AvgIpc) is 3.27. The highest BCUT2D eigenvalue weighted by Gasteiger charge is 2.66. The molecule has 10 heteroatoms. The molecule has 1 unspecified atom stereocenters. The maximum atomic E-state index is 15.0. The number of benzene rings is 1. The molecule has 1 saturated carbocycles. The molecule has 1 aromatic carbocycles. The molecule has 5 nitrogen and oxygen atoms in total. The van der Waals surface area contributed by atoms with E-state index in [1.165, 1.54) is 18.2 Å². The van der Waals surface area contributed by atoms with Crippen LogP contribution in [0.1, 0.15) is 59.4 Å². The number of nitrogens with one attached hydrogen (secondary N) is 2. The average molecular weight is 602 g/mol. The van der Waals surface area contributed by atoms with Crippen LogP contribution in [0.15, 0.2) is 40.3 Å². The Bertz CT molecular complexity index is 1210. The molecule has 0 bridgehead atoms. The van der Waals surface area contributed by atoms with Gasteiger partial charge in [-0.3, -0.25) is 9.59 Å². The molecule has 2 heterocycles. The molecule has 1 spiro atoms. The fraction of sp³-hybridized carbons (Fsp3) is 0.586. The molecule has 1 aromatic rings. The van der Waals surface area contributed by atoms with Gasteiger partial charge in [0, 0.05) is 27.9 Å². The number of halogens is 4. The van der Waals surface area contributed by atoms with Crippen LogP contribution in [0.5, 0.6) is 0 Å². The number of thioether (sulfide) groups is 1. The second-order valence-corrected chi connectivity index (χ2v) is 14.5. The van der Waals surface area contributed by atoms with E-state index < -0.39 is 41.5 Å². The van der Waals surface area contributed by atoms with Gasteiger partial charge in [0.05, 0.1) is 22.1 Å². The van der Waals surface area contributed by atoms with Gasteiger partial charge in [0.15, 0.2) is 0 Å². The van der Waals surface area contributed by atoms with Crippen LogP contribution in [0, 0.1) is 23.1 Å². The first kappa shape index (κ1) is 30.5. The Balaban J connectivity index is 1.84. The normalized spacial score (nSPS) is 33.5. The lowest BCUT2D eigenvalue weighted by molar-refractivity contribution is -0.128. The second-order valence-electron chi connectivity index (χ2n) is 12.6. The fourth-order valence-electron chi connectivity index (χ4n) is 6.51. The second kappa shape index (κ2) is 11.1. The van der Waals surface area contributed by atoms with Gasteiger partial charge in [-0.1, -0.05) is 74.8 Å². The summed E-state index contributed by atoms with van der Waals surface area (Å²) in [5, 5.41) is 16.5. The van der Waals surface area contributed by atoms with E-state index in [9.17, 15) is 23.5 Å². The molecule has 5 atom stereocenters. The molecule has 3 N–H and O–H groups in total. The summed E-state index contributed by atoms with van der Waals surface area (Å²) in [6.45, 7) is 9.01. The number of hydrogen-bond acceptors (Lipinski definition) is 5. The molecule has 2 fully saturated rings. The van der Waals surface area contributed by atoms with Gasteiger partial charge in [-0.05, 0) is 61.3 Å². The van der Waals surface area contributed by atoms with E-state index in [2.05, 4.69) is 31.4 Å². The van der Waals surface area contributed by atoms with Crippen LogP contribution in [-0.2, 0) is 15.0 Å². The molecule has 3 aliphatic rings.